The molecular formula is C81H52Cl2N2S. The van der Waals surface area contributed by atoms with Crippen molar-refractivity contribution in [2.45, 2.75) is 17.8 Å². The number of nitrogens with zero attached hydrogens (tertiary/aromatic N) is 2. The predicted molar refractivity (Wildman–Crippen MR) is 364 cm³/mol. The van der Waals surface area contributed by atoms with Gasteiger partial charge in [-0.15, -0.1) is 11.3 Å². The molecular weight excluding hydrogens is 1100 g/mol. The predicted octanol–water partition coefficient (Wildman–Crippen LogP) is 22.4. The third-order valence-electron chi connectivity index (χ3n) is 18.1. The number of fused-ring (bicyclic) bond motifs is 11. The van der Waals surface area contributed by atoms with Gasteiger partial charge in [-0.25, -0.2) is 9.97 Å². The second kappa shape index (κ2) is 20.5. The summed E-state index contributed by atoms with van der Waals surface area (Å²) in [4.78, 5) is 14.4. The molecule has 0 bridgehead atoms. The molecule has 2 nitrogen and oxygen atoms in total. The molecule has 12 aromatic carbocycles. The summed E-state index contributed by atoms with van der Waals surface area (Å²) >= 11 is 14.8. The van der Waals surface area contributed by atoms with Crippen LogP contribution in [0.5, 0.6) is 0 Å². The van der Waals surface area contributed by atoms with Crippen molar-refractivity contribution in [1.82, 2.24) is 9.97 Å². The van der Waals surface area contributed by atoms with Crippen LogP contribution in [0, 0.1) is 0 Å². The summed E-state index contributed by atoms with van der Waals surface area (Å²) in [5, 5.41) is 5.62. The minimum atomic E-state index is -0.650. The highest BCUT2D eigenvalue weighted by Gasteiger charge is 2.50. The zero-order valence-electron chi connectivity index (χ0n) is 46.9. The molecule has 0 spiro atoms. The monoisotopic (exact) mass is 1150 g/mol. The van der Waals surface area contributed by atoms with Crippen molar-refractivity contribution in [3.05, 3.63) is 352 Å². The number of hydrogen-bond acceptors (Lipinski definition) is 3. The molecule has 0 fully saturated rings. The van der Waals surface area contributed by atoms with Gasteiger partial charge < -0.3 is 0 Å². The van der Waals surface area contributed by atoms with Gasteiger partial charge in [0.1, 0.15) is 11.0 Å². The second-order valence-corrected chi connectivity index (χ2v) is 24.3. The van der Waals surface area contributed by atoms with Crippen LogP contribution in [-0.2, 0) is 10.8 Å². The van der Waals surface area contributed by atoms with Gasteiger partial charge in [0, 0.05) is 31.9 Å². The number of aromatic nitrogens is 2. The lowest BCUT2D eigenvalue weighted by atomic mass is 9.67. The number of halogens is 2. The van der Waals surface area contributed by atoms with E-state index in [1.54, 1.807) is 11.3 Å². The van der Waals surface area contributed by atoms with Crippen LogP contribution in [0.4, 0.5) is 0 Å². The number of rotatable bonds is 9. The van der Waals surface area contributed by atoms with Crippen LogP contribution in [-0.4, -0.2) is 9.97 Å². The lowest BCUT2D eigenvalue weighted by molar-refractivity contribution is 0.768. The minimum Gasteiger partial charge on any atom is -0.242 e. The fourth-order valence-electron chi connectivity index (χ4n) is 14.6. The molecule has 5 heteroatoms. The zero-order chi connectivity index (χ0) is 57.7. The highest BCUT2D eigenvalue weighted by atomic mass is 35.5. The maximum Gasteiger partial charge on any atom is 0.109 e. The molecule has 2 aliphatic carbocycles. The highest BCUT2D eigenvalue weighted by molar-refractivity contribution is 7.21. The number of thiophene rings is 1. The van der Waals surface area contributed by atoms with Crippen LogP contribution in [0.2, 0.25) is 10.0 Å². The van der Waals surface area contributed by atoms with Crippen molar-refractivity contribution < 1.29 is 0 Å². The molecule has 0 unspecified atom stereocenters. The van der Waals surface area contributed by atoms with Gasteiger partial charge in [0.2, 0.25) is 0 Å². The Kier molecular flexibility index (Phi) is 12.4. The maximum atomic E-state index is 6.52. The van der Waals surface area contributed by atoms with Crippen molar-refractivity contribution in [3.63, 3.8) is 0 Å². The van der Waals surface area contributed by atoms with Gasteiger partial charge in [-0.2, -0.15) is 0 Å². The van der Waals surface area contributed by atoms with Gasteiger partial charge in [-0.3, -0.25) is 0 Å². The Morgan fingerprint density at radius 2 is 0.767 bits per heavy atom. The van der Waals surface area contributed by atoms with Crippen molar-refractivity contribution in [3.8, 4) is 54.3 Å². The van der Waals surface area contributed by atoms with Crippen molar-refractivity contribution in [2.75, 3.05) is 0 Å². The second-order valence-electron chi connectivity index (χ2n) is 22.4. The quantitative estimate of drug-likeness (QED) is 0.135. The van der Waals surface area contributed by atoms with Crippen LogP contribution in [0.15, 0.2) is 297 Å². The molecule has 16 rings (SSSR count). The average Bonchev–Trinajstić information content (AvgIpc) is 1.53. The summed E-state index contributed by atoms with van der Waals surface area (Å²) in [5.41, 5.74) is 22.9. The summed E-state index contributed by atoms with van der Waals surface area (Å²) in [6.45, 7) is 6.56. The lowest BCUT2D eigenvalue weighted by Crippen LogP contribution is -2.28. The number of allylic oxidation sites excluding steroid dienone is 5. The Morgan fingerprint density at radius 1 is 0.372 bits per heavy atom. The van der Waals surface area contributed by atoms with Gasteiger partial charge >= 0.3 is 0 Å². The van der Waals surface area contributed by atoms with E-state index in [2.05, 4.69) is 268 Å². The first-order chi connectivity index (χ1) is 42.4. The topological polar surface area (TPSA) is 25.8 Å². The Morgan fingerprint density at radius 3 is 1.23 bits per heavy atom. The maximum absolute atomic E-state index is 6.52. The lowest BCUT2D eigenvalue weighted by Gasteiger charge is -2.34. The van der Waals surface area contributed by atoms with Crippen LogP contribution < -0.4 is 0 Å². The molecule has 0 saturated carbocycles. The third kappa shape index (κ3) is 7.65. The molecule has 0 amide bonds. The molecule has 14 aromatic rings. The molecule has 0 aliphatic heterocycles. The summed E-state index contributed by atoms with van der Waals surface area (Å²) in [6.07, 6.45) is 6.47. The molecule has 0 radical (unpaired) electrons. The Bertz CT molecular complexity index is 5050. The normalized spacial score (nSPS) is 14.7. The van der Waals surface area contributed by atoms with Crippen LogP contribution >= 0.6 is 34.5 Å². The van der Waals surface area contributed by atoms with Gasteiger partial charge in [0.15, 0.2) is 0 Å². The molecule has 2 heterocycles. The molecule has 2 aromatic heterocycles. The standard InChI is InChI=1S/C81H52Cl2N2S/c1-3-21-62-68(4-2)80(54-22-9-5-10-23-54,55-24-11-6-12-25-55)70-34-19-31-64(72(62)70)78-76-77(79(86-78)65-32-20-35-71-73(65)63-30-17-18-33-69(63)81(71,56-26-13-7-14-27-56)57-28-15-8-16-29-57)85-75-67-49-53(51-38-44-59(83)45-39-51)41-47-61(67)60-46-40-52(48-66(60)74(75)84-76)50-36-42-58(82)43-37-50/h3-49H,1H2,2H3/b62-21?,68-4+. The van der Waals surface area contributed by atoms with E-state index in [0.717, 1.165) is 97.9 Å². The molecule has 406 valence electrons. The fourth-order valence-corrected chi connectivity index (χ4v) is 16.1. The Labute approximate surface area is 514 Å². The van der Waals surface area contributed by atoms with Gasteiger partial charge in [-0.1, -0.05) is 279 Å². The summed E-state index contributed by atoms with van der Waals surface area (Å²) in [6, 6.07) is 96.7. The Hall–Kier alpha value is -9.74. The van der Waals surface area contributed by atoms with Crippen LogP contribution in [0.3, 0.4) is 0 Å². The first kappa shape index (κ1) is 51.9. The van der Waals surface area contributed by atoms with E-state index < -0.39 is 10.8 Å². The van der Waals surface area contributed by atoms with Gasteiger partial charge in [-0.05, 0) is 143 Å². The first-order valence-corrected chi connectivity index (χ1v) is 30.7. The zero-order valence-corrected chi connectivity index (χ0v) is 49.2. The van der Waals surface area contributed by atoms with E-state index in [0.29, 0.717) is 10.0 Å². The van der Waals surface area contributed by atoms with Crippen molar-refractivity contribution in [1.29, 1.82) is 0 Å². The smallest absolute Gasteiger partial charge is 0.109 e. The largest absolute Gasteiger partial charge is 0.242 e. The first-order valence-electron chi connectivity index (χ1n) is 29.2. The average molecular weight is 1160 g/mol. The summed E-state index contributed by atoms with van der Waals surface area (Å²) in [5.74, 6) is 0. The van der Waals surface area contributed by atoms with E-state index in [1.165, 1.54) is 55.6 Å². The molecule has 0 saturated heterocycles. The summed E-state index contributed by atoms with van der Waals surface area (Å²) < 4.78 is 0. The van der Waals surface area contributed by atoms with Crippen LogP contribution in [0.25, 0.3) is 103 Å². The third-order valence-corrected chi connectivity index (χ3v) is 19.9. The Balaban J connectivity index is 1.07. The fraction of sp³-hybridized carbons (Fsp3) is 0.0370. The number of hydrogen-bond donors (Lipinski definition) is 0. The SMILES string of the molecule is C=CC=C1/C(=C\C)C(c2ccccc2)(c2ccccc2)c2cccc(-c3sc(-c4cccc5c4-c4ccccc4C5(c4ccccc4)c4ccccc4)c4nc5c6cc(-c7ccc(Cl)cc7)ccc6c6ccc(-c7ccc(Cl)cc7)cc6c5nc34)c21. The van der Waals surface area contributed by atoms with E-state index in [9.17, 15) is 0 Å². The van der Waals surface area contributed by atoms with E-state index in [4.69, 9.17) is 33.2 Å². The number of benzene rings is 12. The van der Waals surface area contributed by atoms with Crippen molar-refractivity contribution >= 4 is 83.7 Å². The van der Waals surface area contributed by atoms with E-state index in [-0.39, 0.29) is 0 Å². The molecule has 0 atom stereocenters. The van der Waals surface area contributed by atoms with Gasteiger partial charge in [0.25, 0.3) is 0 Å². The van der Waals surface area contributed by atoms with E-state index in [1.807, 2.05) is 30.3 Å². The molecule has 0 N–H and O–H groups in total. The van der Waals surface area contributed by atoms with Gasteiger partial charge in [0.05, 0.1) is 31.6 Å². The van der Waals surface area contributed by atoms with Crippen LogP contribution in [0.1, 0.15) is 51.4 Å². The molecule has 2 aliphatic rings. The van der Waals surface area contributed by atoms with Crippen molar-refractivity contribution in [2.24, 2.45) is 0 Å². The molecule has 86 heavy (non-hydrogen) atoms. The van der Waals surface area contributed by atoms with E-state index >= 15 is 0 Å². The minimum absolute atomic E-state index is 0.612. The highest BCUT2D eigenvalue weighted by Crippen LogP contribution is 2.63. The summed E-state index contributed by atoms with van der Waals surface area (Å²) in [7, 11) is 0.